The van der Waals surface area contributed by atoms with Crippen LogP contribution in [0.2, 0.25) is 5.02 Å². The molecule has 1 aromatic carbocycles. The summed E-state index contributed by atoms with van der Waals surface area (Å²) >= 11 is 9.91. The first kappa shape index (κ1) is 25.2. The van der Waals surface area contributed by atoms with Gasteiger partial charge in [0.2, 0.25) is 5.91 Å². The van der Waals surface area contributed by atoms with Crippen LogP contribution in [0, 0.1) is 5.41 Å². The van der Waals surface area contributed by atoms with E-state index in [9.17, 15) is 10.0 Å². The number of thiazole rings is 1. The topological polar surface area (TPSA) is 87.6 Å². The summed E-state index contributed by atoms with van der Waals surface area (Å²) in [6.45, 7) is 3.77. The van der Waals surface area contributed by atoms with E-state index in [1.54, 1.807) is 36.4 Å². The Kier molecular flexibility index (Phi) is 8.31. The number of carbonyl (C=O) groups excluding carboxylic acids is 1. The molecule has 0 saturated carbocycles. The molecule has 7 nitrogen and oxygen atoms in total. The van der Waals surface area contributed by atoms with Gasteiger partial charge in [-0.2, -0.15) is 0 Å². The van der Waals surface area contributed by atoms with Gasteiger partial charge in [-0.15, -0.1) is 11.3 Å². The monoisotopic (exact) mass is 520 g/mol. The van der Waals surface area contributed by atoms with E-state index in [4.69, 9.17) is 16.3 Å². The number of benzene rings is 1. The highest BCUT2D eigenvalue weighted by molar-refractivity contribution is 8.01. The van der Waals surface area contributed by atoms with Crippen molar-refractivity contribution in [3.63, 3.8) is 0 Å². The summed E-state index contributed by atoms with van der Waals surface area (Å²) in [5, 5.41) is 13.3. The molecule has 10 heteroatoms. The maximum atomic E-state index is 12.8. The first-order chi connectivity index (χ1) is 16.5. The quantitative estimate of drug-likeness (QED) is 0.222. The number of aryl methyl sites for hydroxylation is 1. The standard InChI is InChI=1S/C24H29ClN4O3S2/c1-16(34-23-26-10-13-33-23)29-11-8-24(9-12-29,22(30)28-31)7-3-4-18-19-14-17(32-2)5-6-21(19)27-15-20(18)25/h5-6,10,13-16,31H,3-4,7-9,11-12H2,1-2H3,(H,28,30). The largest absolute Gasteiger partial charge is 0.497 e. The first-order valence-electron chi connectivity index (χ1n) is 11.3. The van der Waals surface area contributed by atoms with E-state index >= 15 is 0 Å². The molecule has 0 radical (unpaired) electrons. The number of hydroxylamine groups is 1. The molecule has 1 saturated heterocycles. The van der Waals surface area contributed by atoms with Crippen molar-refractivity contribution < 1.29 is 14.7 Å². The number of aromatic nitrogens is 2. The average Bonchev–Trinajstić information content (AvgIpc) is 3.37. The van der Waals surface area contributed by atoms with Crippen LogP contribution in [-0.2, 0) is 11.2 Å². The Labute approximate surface area is 212 Å². The minimum absolute atomic E-state index is 0.276. The van der Waals surface area contributed by atoms with E-state index in [0.717, 1.165) is 46.1 Å². The number of carbonyl (C=O) groups is 1. The van der Waals surface area contributed by atoms with E-state index in [-0.39, 0.29) is 11.3 Å². The molecule has 4 rings (SSSR count). The highest BCUT2D eigenvalue weighted by Crippen LogP contribution is 2.40. The normalized spacial score (nSPS) is 16.9. The Morgan fingerprint density at radius 3 is 2.85 bits per heavy atom. The summed E-state index contributed by atoms with van der Waals surface area (Å²) in [5.74, 6) is 0.464. The van der Waals surface area contributed by atoms with Crippen LogP contribution in [0.1, 0.15) is 38.2 Å². The van der Waals surface area contributed by atoms with Gasteiger partial charge in [-0.3, -0.25) is 19.9 Å². The van der Waals surface area contributed by atoms with Gasteiger partial charge in [0.25, 0.3) is 0 Å². The molecular weight excluding hydrogens is 492 g/mol. The van der Waals surface area contributed by atoms with Gasteiger partial charge in [-0.05, 0) is 62.8 Å². The molecule has 2 aromatic heterocycles. The Morgan fingerprint density at radius 2 is 2.18 bits per heavy atom. The number of thioether (sulfide) groups is 1. The molecule has 182 valence electrons. The number of hydrogen-bond acceptors (Lipinski definition) is 8. The number of rotatable bonds is 9. The van der Waals surface area contributed by atoms with Crippen molar-refractivity contribution in [1.29, 1.82) is 0 Å². The second-order valence-electron chi connectivity index (χ2n) is 8.59. The minimum atomic E-state index is -0.593. The number of halogens is 1. The van der Waals surface area contributed by atoms with Crippen molar-refractivity contribution in [2.75, 3.05) is 20.2 Å². The molecule has 0 aliphatic carbocycles. The molecule has 1 aliphatic rings. The number of piperidine rings is 1. The summed E-state index contributed by atoms with van der Waals surface area (Å²) in [7, 11) is 1.64. The summed E-state index contributed by atoms with van der Waals surface area (Å²) in [4.78, 5) is 24.0. The molecule has 34 heavy (non-hydrogen) atoms. The highest BCUT2D eigenvalue weighted by atomic mass is 35.5. The second kappa shape index (κ2) is 11.2. The van der Waals surface area contributed by atoms with E-state index < -0.39 is 5.41 Å². The van der Waals surface area contributed by atoms with Crippen LogP contribution in [0.5, 0.6) is 5.75 Å². The van der Waals surface area contributed by atoms with E-state index in [1.807, 2.05) is 35.3 Å². The smallest absolute Gasteiger partial charge is 0.249 e. The average molecular weight is 521 g/mol. The van der Waals surface area contributed by atoms with E-state index in [1.165, 1.54) is 0 Å². The van der Waals surface area contributed by atoms with Crippen LogP contribution in [0.25, 0.3) is 10.9 Å². The number of nitrogens with one attached hydrogen (secondary N) is 1. The zero-order valence-corrected chi connectivity index (χ0v) is 21.7. The summed E-state index contributed by atoms with van der Waals surface area (Å²) in [6.07, 6.45) is 7.05. The second-order valence-corrected chi connectivity index (χ2v) is 11.5. The third kappa shape index (κ3) is 5.49. The number of amides is 1. The summed E-state index contributed by atoms with van der Waals surface area (Å²) in [6, 6.07) is 5.77. The van der Waals surface area contributed by atoms with Crippen molar-refractivity contribution >= 4 is 51.5 Å². The van der Waals surface area contributed by atoms with Gasteiger partial charge < -0.3 is 4.74 Å². The molecule has 3 heterocycles. The zero-order chi connectivity index (χ0) is 24.1. The Balaban J connectivity index is 1.43. The number of nitrogens with zero attached hydrogens (tertiary/aromatic N) is 3. The van der Waals surface area contributed by atoms with Crippen molar-refractivity contribution in [3.8, 4) is 5.75 Å². The fourth-order valence-corrected chi connectivity index (χ4v) is 6.89. The third-order valence-corrected chi connectivity index (χ3v) is 9.16. The van der Waals surface area contributed by atoms with Gasteiger partial charge in [0.15, 0.2) is 4.34 Å². The summed E-state index contributed by atoms with van der Waals surface area (Å²) < 4.78 is 6.43. The number of fused-ring (bicyclic) bond motifs is 1. The molecule has 1 amide bonds. The first-order valence-corrected chi connectivity index (χ1v) is 13.5. The van der Waals surface area contributed by atoms with Crippen LogP contribution < -0.4 is 10.2 Å². The highest BCUT2D eigenvalue weighted by Gasteiger charge is 2.41. The maximum Gasteiger partial charge on any atom is 0.249 e. The Hall–Kier alpha value is -1.91. The number of likely N-dealkylation sites (tertiary alicyclic amines) is 1. The number of methoxy groups -OCH3 is 1. The van der Waals surface area contributed by atoms with Crippen LogP contribution in [0.15, 0.2) is 40.3 Å². The summed E-state index contributed by atoms with van der Waals surface area (Å²) in [5.41, 5.74) is 3.22. The van der Waals surface area contributed by atoms with Gasteiger partial charge in [-0.1, -0.05) is 23.4 Å². The molecule has 1 unspecified atom stereocenters. The molecule has 1 atom stereocenters. The van der Waals surface area contributed by atoms with E-state index in [2.05, 4.69) is 21.8 Å². The zero-order valence-electron chi connectivity index (χ0n) is 19.3. The molecule has 2 N–H and O–H groups in total. The maximum absolute atomic E-state index is 12.8. The van der Waals surface area contributed by atoms with Crippen LogP contribution in [0.3, 0.4) is 0 Å². The Morgan fingerprint density at radius 1 is 1.38 bits per heavy atom. The molecular formula is C24H29ClN4O3S2. The lowest BCUT2D eigenvalue weighted by Gasteiger charge is -2.42. The molecule has 1 aliphatic heterocycles. The minimum Gasteiger partial charge on any atom is -0.497 e. The number of ether oxygens (including phenoxy) is 1. The predicted molar refractivity (Wildman–Crippen MR) is 137 cm³/mol. The van der Waals surface area contributed by atoms with Gasteiger partial charge >= 0.3 is 0 Å². The fourth-order valence-electron chi connectivity index (χ4n) is 4.70. The van der Waals surface area contributed by atoms with Crippen LogP contribution >= 0.6 is 34.7 Å². The van der Waals surface area contributed by atoms with Crippen molar-refractivity contribution in [2.24, 2.45) is 5.41 Å². The number of pyridine rings is 1. The lowest BCUT2D eigenvalue weighted by molar-refractivity contribution is -0.143. The molecule has 0 bridgehead atoms. The van der Waals surface area contributed by atoms with Crippen LogP contribution in [0.4, 0.5) is 0 Å². The molecule has 0 spiro atoms. The van der Waals surface area contributed by atoms with Crippen molar-refractivity contribution in [1.82, 2.24) is 20.3 Å². The fraction of sp³-hybridized carbons (Fsp3) is 0.458. The third-order valence-electron chi connectivity index (χ3n) is 6.75. The van der Waals surface area contributed by atoms with E-state index in [0.29, 0.717) is 30.7 Å². The lowest BCUT2D eigenvalue weighted by atomic mass is 9.73. The Bertz CT molecular complexity index is 1120. The van der Waals surface area contributed by atoms with Crippen molar-refractivity contribution in [3.05, 3.63) is 46.6 Å². The predicted octanol–water partition coefficient (Wildman–Crippen LogP) is 5.40. The molecule has 1 fully saturated rings. The number of hydrogen-bond donors (Lipinski definition) is 2. The van der Waals surface area contributed by atoms with Gasteiger partial charge in [0.05, 0.1) is 28.4 Å². The molecule has 3 aromatic rings. The lowest BCUT2D eigenvalue weighted by Crippen LogP contribution is -2.49. The van der Waals surface area contributed by atoms with Crippen LogP contribution in [-0.4, -0.2) is 51.6 Å². The van der Waals surface area contributed by atoms with Gasteiger partial charge in [-0.25, -0.2) is 10.5 Å². The van der Waals surface area contributed by atoms with Crippen molar-refractivity contribution in [2.45, 2.75) is 48.7 Å². The van der Waals surface area contributed by atoms with Gasteiger partial charge in [0, 0.05) is 36.2 Å². The van der Waals surface area contributed by atoms with Gasteiger partial charge in [0.1, 0.15) is 5.75 Å². The SMILES string of the molecule is COc1ccc2ncc(Cl)c(CCCC3(C(=O)NO)CCN(C(C)Sc4nccs4)CC3)c2c1.